The number of halogens is 2. The Bertz CT molecular complexity index is 752. The smallest absolute Gasteiger partial charge is 0.218 e. The van der Waals surface area contributed by atoms with E-state index in [-0.39, 0.29) is 59.3 Å². The van der Waals surface area contributed by atoms with Gasteiger partial charge in [-0.1, -0.05) is 45.0 Å². The van der Waals surface area contributed by atoms with Gasteiger partial charge < -0.3 is 68.8 Å². The summed E-state index contributed by atoms with van der Waals surface area (Å²) in [5.74, 6) is 0.692. The summed E-state index contributed by atoms with van der Waals surface area (Å²) in [5.41, 5.74) is 14.9. The van der Waals surface area contributed by atoms with Gasteiger partial charge in [0.05, 0.1) is 26.7 Å². The fourth-order valence-electron chi connectivity index (χ4n) is 4.19. The molecule has 0 atom stereocenters. The van der Waals surface area contributed by atoms with Crippen molar-refractivity contribution in [1.82, 2.24) is 4.90 Å². The number of guanidine groups is 2. The summed E-state index contributed by atoms with van der Waals surface area (Å²) in [5, 5.41) is 0. The van der Waals surface area contributed by atoms with Crippen LogP contribution in [0.25, 0.3) is 0 Å². The molecular weight excluding hydrogens is 638 g/mol. The summed E-state index contributed by atoms with van der Waals surface area (Å²) in [4.78, 5) is 10.7. The van der Waals surface area contributed by atoms with E-state index in [1.807, 2.05) is 11.9 Å². The topological polar surface area (TPSA) is 80.0 Å². The molecule has 0 aromatic heterocycles. The van der Waals surface area contributed by atoms with Gasteiger partial charge in [-0.2, -0.15) is 4.99 Å². The van der Waals surface area contributed by atoms with E-state index in [2.05, 4.69) is 62.1 Å². The van der Waals surface area contributed by atoms with Crippen molar-refractivity contribution in [3.8, 4) is 0 Å². The Morgan fingerprint density at radius 1 is 1.06 bits per heavy atom. The van der Waals surface area contributed by atoms with Crippen LogP contribution in [0, 0.1) is 0 Å². The highest BCUT2D eigenvalue weighted by Crippen LogP contribution is 2.23. The molecule has 0 radical (unpaired) electrons. The summed E-state index contributed by atoms with van der Waals surface area (Å²) >= 11 is 0. The third-order valence-corrected chi connectivity index (χ3v) is 6.42. The Kier molecular flexibility index (Phi) is 15.1. The number of unbranched alkanes of at least 4 members (excludes halogenated alkanes) is 1. The van der Waals surface area contributed by atoms with Crippen molar-refractivity contribution in [3.05, 3.63) is 35.4 Å². The van der Waals surface area contributed by atoms with Gasteiger partial charge in [-0.05, 0) is 55.1 Å². The first kappa shape index (κ1) is 32.4. The molecule has 33 heavy (non-hydrogen) atoms. The van der Waals surface area contributed by atoms with Gasteiger partial charge in [-0.25, -0.2) is 0 Å². The van der Waals surface area contributed by atoms with Crippen LogP contribution in [0.4, 0.5) is 0 Å². The minimum atomic E-state index is 0. The molecule has 4 N–H and O–H groups in total. The average Bonchev–Trinajstić information content (AvgIpc) is 2.71. The number of piperidine rings is 1. The van der Waals surface area contributed by atoms with Gasteiger partial charge in [0.2, 0.25) is 5.96 Å². The van der Waals surface area contributed by atoms with E-state index in [1.54, 1.807) is 0 Å². The predicted molar refractivity (Wildman–Crippen MR) is 133 cm³/mol. The van der Waals surface area contributed by atoms with Crippen LogP contribution in [-0.4, -0.2) is 68.1 Å². The Balaban J connectivity index is 0.00000512. The molecule has 6 nitrogen and oxygen atoms in total. The predicted octanol–water partition coefficient (Wildman–Crippen LogP) is -2.49. The number of hydrogen-bond acceptors (Lipinski definition) is 1. The first-order chi connectivity index (χ1) is 14.6. The Hall–Kier alpha value is -0.620. The van der Waals surface area contributed by atoms with E-state index in [4.69, 9.17) is 11.5 Å². The summed E-state index contributed by atoms with van der Waals surface area (Å²) in [6, 6.07) is 8.68. The average molecular weight is 683 g/mol. The van der Waals surface area contributed by atoms with Crippen LogP contribution in [0.2, 0.25) is 0 Å². The summed E-state index contributed by atoms with van der Waals surface area (Å²) in [6.45, 7) is 12.1. The monoisotopic (exact) mass is 683 g/mol. The third kappa shape index (κ3) is 12.1. The van der Waals surface area contributed by atoms with Crippen LogP contribution in [0.1, 0.15) is 64.0 Å². The lowest BCUT2D eigenvalue weighted by Gasteiger charge is -2.38. The van der Waals surface area contributed by atoms with E-state index in [9.17, 15) is 0 Å². The second-order valence-corrected chi connectivity index (χ2v) is 10.4. The summed E-state index contributed by atoms with van der Waals surface area (Å²) in [6.07, 6.45) is 7.31. The number of rotatable bonds is 8. The molecule has 0 spiro atoms. The van der Waals surface area contributed by atoms with Crippen LogP contribution in [0.5, 0.6) is 0 Å². The number of likely N-dealkylation sites (tertiary alicyclic amines) is 1. The molecule has 1 fully saturated rings. The van der Waals surface area contributed by atoms with Crippen molar-refractivity contribution in [2.24, 2.45) is 21.5 Å². The van der Waals surface area contributed by atoms with Crippen LogP contribution in [-0.2, 0) is 11.8 Å². The highest BCUT2D eigenvalue weighted by Gasteiger charge is 2.23. The van der Waals surface area contributed by atoms with Crippen molar-refractivity contribution < 1.29 is 52.4 Å². The van der Waals surface area contributed by atoms with Gasteiger partial charge in [0.25, 0.3) is 0 Å². The van der Waals surface area contributed by atoms with Gasteiger partial charge in [0.15, 0.2) is 5.96 Å². The first-order valence-corrected chi connectivity index (χ1v) is 11.9. The molecule has 0 saturated carbocycles. The second kappa shape index (κ2) is 15.4. The van der Waals surface area contributed by atoms with Gasteiger partial charge in [-0.15, -0.1) is 0 Å². The molecular formula is C25H45I2N6-. The number of nitrogens with two attached hydrogens (primary N) is 2. The largest absolute Gasteiger partial charge is 1.00 e. The van der Waals surface area contributed by atoms with E-state index in [0.717, 1.165) is 19.4 Å². The minimum Gasteiger partial charge on any atom is -1.00 e. The maximum absolute atomic E-state index is 6.13. The molecule has 190 valence electrons. The molecule has 1 aliphatic rings. The number of quaternary nitrogens is 1. The zero-order valence-electron chi connectivity index (χ0n) is 21.3. The molecule has 2 rings (SSSR count). The van der Waals surface area contributed by atoms with Crippen LogP contribution in [0.15, 0.2) is 34.3 Å². The van der Waals surface area contributed by atoms with E-state index >= 15 is 0 Å². The molecule has 1 aliphatic heterocycles. The van der Waals surface area contributed by atoms with Crippen LogP contribution < -0.4 is 59.4 Å². The maximum atomic E-state index is 6.13. The van der Waals surface area contributed by atoms with Crippen molar-refractivity contribution >= 4 is 11.9 Å². The van der Waals surface area contributed by atoms with Gasteiger partial charge in [0, 0.05) is 20.1 Å². The normalized spacial score (nSPS) is 16.5. The zero-order chi connectivity index (χ0) is 22.9. The Morgan fingerprint density at radius 3 is 2.36 bits per heavy atom. The lowest BCUT2D eigenvalue weighted by atomic mass is 9.86. The minimum absolute atomic E-state index is 0. The van der Waals surface area contributed by atoms with Crippen molar-refractivity contribution in [3.63, 3.8) is 0 Å². The van der Waals surface area contributed by atoms with Crippen molar-refractivity contribution in [2.45, 2.75) is 64.7 Å². The van der Waals surface area contributed by atoms with Crippen LogP contribution in [0.3, 0.4) is 0 Å². The van der Waals surface area contributed by atoms with Crippen molar-refractivity contribution in [1.29, 1.82) is 0 Å². The number of nitrogens with zero attached hydrogens (tertiary/aromatic N) is 4. The van der Waals surface area contributed by atoms with Gasteiger partial charge in [0.1, 0.15) is 0 Å². The lowest BCUT2D eigenvalue weighted by Crippen LogP contribution is -3.00. The number of hydrogen-bond donors (Lipinski definition) is 2. The van der Waals surface area contributed by atoms with E-state index in [0.29, 0.717) is 12.5 Å². The molecule has 0 aliphatic carbocycles. The Morgan fingerprint density at radius 2 is 1.73 bits per heavy atom. The quantitative estimate of drug-likeness (QED) is 0.105. The zero-order valence-corrected chi connectivity index (χ0v) is 25.6. The molecule has 1 saturated heterocycles. The fraction of sp³-hybridized carbons (Fsp3) is 0.680. The molecule has 1 aromatic carbocycles. The molecule has 1 heterocycles. The highest BCUT2D eigenvalue weighted by molar-refractivity contribution is 5.93. The molecule has 8 heteroatoms. The van der Waals surface area contributed by atoms with E-state index in [1.165, 1.54) is 60.9 Å². The standard InChI is InChI=1S/C25H45N6.2HI/c1-25(2,3)22-13-11-12-21(20-22)14-15-28-23(26)29-24(27)30(4)16-7-10-19-31(5)17-8-6-9-18-31;;/h11-13,20H,6-10,14-19H2,1-5H3,(H4,26,27,28,29);2*1H/q+1;;/p-2. The Labute approximate surface area is 236 Å². The number of benzene rings is 1. The molecule has 1 aromatic rings. The second-order valence-electron chi connectivity index (χ2n) is 10.4. The fourth-order valence-corrected chi connectivity index (χ4v) is 4.19. The lowest BCUT2D eigenvalue weighted by molar-refractivity contribution is -0.914. The van der Waals surface area contributed by atoms with E-state index < -0.39 is 0 Å². The summed E-state index contributed by atoms with van der Waals surface area (Å²) < 4.78 is 1.23. The SMILES string of the molecule is CN(CCCC[N+]1(C)CCCCC1)C(N)=NC(N)=NCCc1cccc(C(C)(C)C)c1.[I-].[I-]. The molecule has 0 unspecified atom stereocenters. The molecule has 0 amide bonds. The highest BCUT2D eigenvalue weighted by atomic mass is 127. The number of aliphatic imine (C=N–C) groups is 2. The van der Waals surface area contributed by atoms with Gasteiger partial charge in [-0.3, -0.25) is 4.99 Å². The van der Waals surface area contributed by atoms with Gasteiger partial charge >= 0.3 is 0 Å². The van der Waals surface area contributed by atoms with Crippen molar-refractivity contribution in [2.75, 3.05) is 46.8 Å². The summed E-state index contributed by atoms with van der Waals surface area (Å²) in [7, 11) is 4.37. The maximum Gasteiger partial charge on any atom is 0.218 e. The third-order valence-electron chi connectivity index (χ3n) is 6.42. The molecule has 0 bridgehead atoms. The van der Waals surface area contributed by atoms with Crippen LogP contribution >= 0.6 is 0 Å². The first-order valence-electron chi connectivity index (χ1n) is 11.9.